The zero-order valence-corrected chi connectivity index (χ0v) is 14.0. The van der Waals surface area contributed by atoms with Crippen LogP contribution in [0.15, 0.2) is 41.3 Å². The van der Waals surface area contributed by atoms with Crippen LogP contribution in [0.4, 0.5) is 0 Å². The van der Waals surface area contributed by atoms with Crippen molar-refractivity contribution in [2.45, 2.75) is 32.9 Å². The fourth-order valence-corrected chi connectivity index (χ4v) is 3.42. The summed E-state index contributed by atoms with van der Waals surface area (Å²) in [6.45, 7) is 6.15. The van der Waals surface area contributed by atoms with Gasteiger partial charge >= 0.3 is 5.97 Å². The van der Waals surface area contributed by atoms with E-state index in [1.165, 1.54) is 15.7 Å². The maximum Gasteiger partial charge on any atom is 0.341 e. The number of aromatic carboxylic acids is 1. The Kier molecular flexibility index (Phi) is 4.53. The summed E-state index contributed by atoms with van der Waals surface area (Å²) in [7, 11) is 0. The molecular formula is C19H22N2O3. The van der Waals surface area contributed by atoms with Gasteiger partial charge in [0.05, 0.1) is 0 Å². The number of nitrogens with zero attached hydrogens (tertiary/aromatic N) is 2. The van der Waals surface area contributed by atoms with Gasteiger partial charge in [0.2, 0.25) is 0 Å². The molecule has 1 aliphatic rings. The number of benzene rings is 1. The van der Waals surface area contributed by atoms with Crippen LogP contribution >= 0.6 is 0 Å². The van der Waals surface area contributed by atoms with E-state index in [0.717, 1.165) is 26.1 Å². The van der Waals surface area contributed by atoms with E-state index in [9.17, 15) is 14.7 Å². The van der Waals surface area contributed by atoms with Crippen molar-refractivity contribution in [2.75, 3.05) is 13.1 Å². The van der Waals surface area contributed by atoms with Crippen molar-refractivity contribution in [3.63, 3.8) is 0 Å². The van der Waals surface area contributed by atoms with Gasteiger partial charge in [-0.15, -0.1) is 0 Å². The molecule has 0 saturated carbocycles. The van der Waals surface area contributed by atoms with E-state index in [1.807, 2.05) is 6.92 Å². The number of carboxylic acid groups (broad SMARTS) is 1. The fraction of sp³-hybridized carbons (Fsp3) is 0.368. The molecule has 5 heteroatoms. The highest BCUT2D eigenvalue weighted by atomic mass is 16.4. The number of carbonyl (C=O) groups is 1. The SMILES string of the molecule is Cc1ccn(C(C)CN2CCc3ccccc3C2)c(=O)c1C(=O)O. The van der Waals surface area contributed by atoms with E-state index in [2.05, 4.69) is 29.2 Å². The van der Waals surface area contributed by atoms with Gasteiger partial charge in [-0.25, -0.2) is 4.79 Å². The van der Waals surface area contributed by atoms with Crippen LogP contribution in [0, 0.1) is 6.92 Å². The van der Waals surface area contributed by atoms with Gasteiger partial charge in [0.15, 0.2) is 0 Å². The molecule has 2 heterocycles. The van der Waals surface area contributed by atoms with Crippen molar-refractivity contribution in [1.29, 1.82) is 0 Å². The first-order chi connectivity index (χ1) is 11.5. The molecule has 5 nitrogen and oxygen atoms in total. The lowest BCUT2D eigenvalue weighted by molar-refractivity contribution is 0.0693. The minimum absolute atomic E-state index is 0.0820. The summed E-state index contributed by atoms with van der Waals surface area (Å²) in [5.74, 6) is -1.16. The molecule has 1 N–H and O–H groups in total. The van der Waals surface area contributed by atoms with Crippen LogP contribution in [0.2, 0.25) is 0 Å². The lowest BCUT2D eigenvalue weighted by Crippen LogP contribution is -2.38. The van der Waals surface area contributed by atoms with Crippen molar-refractivity contribution in [3.8, 4) is 0 Å². The first kappa shape index (κ1) is 16.5. The molecule has 24 heavy (non-hydrogen) atoms. The lowest BCUT2D eigenvalue weighted by atomic mass is 9.99. The molecule has 126 valence electrons. The molecule has 0 fully saturated rings. The minimum atomic E-state index is -1.16. The second-order valence-corrected chi connectivity index (χ2v) is 6.49. The molecule has 0 spiro atoms. The Bertz CT molecular complexity index is 826. The van der Waals surface area contributed by atoms with Gasteiger partial charge in [0.25, 0.3) is 5.56 Å². The number of carboxylic acids is 1. The van der Waals surface area contributed by atoms with Crippen molar-refractivity contribution in [2.24, 2.45) is 0 Å². The molecule has 1 unspecified atom stereocenters. The molecular weight excluding hydrogens is 304 g/mol. The molecule has 0 saturated heterocycles. The Labute approximate surface area is 141 Å². The van der Waals surface area contributed by atoms with Crippen LogP contribution in [-0.4, -0.2) is 33.6 Å². The van der Waals surface area contributed by atoms with Gasteiger partial charge in [-0.2, -0.15) is 0 Å². The summed E-state index contributed by atoms with van der Waals surface area (Å²) in [6.07, 6.45) is 2.71. The summed E-state index contributed by atoms with van der Waals surface area (Å²) in [5.41, 5.74) is 2.67. The third-order valence-electron chi connectivity index (χ3n) is 4.75. The van der Waals surface area contributed by atoms with Crippen LogP contribution in [-0.2, 0) is 13.0 Å². The Morgan fingerprint density at radius 3 is 2.67 bits per heavy atom. The van der Waals surface area contributed by atoms with Crippen molar-refractivity contribution >= 4 is 5.97 Å². The summed E-state index contributed by atoms with van der Waals surface area (Å²) >= 11 is 0. The third kappa shape index (κ3) is 3.12. The number of rotatable bonds is 4. The van der Waals surface area contributed by atoms with Crippen molar-refractivity contribution < 1.29 is 9.90 Å². The highest BCUT2D eigenvalue weighted by Crippen LogP contribution is 2.20. The van der Waals surface area contributed by atoms with Crippen molar-refractivity contribution in [1.82, 2.24) is 9.47 Å². The summed E-state index contributed by atoms with van der Waals surface area (Å²) < 4.78 is 1.54. The minimum Gasteiger partial charge on any atom is -0.477 e. The zero-order valence-electron chi connectivity index (χ0n) is 14.0. The van der Waals surface area contributed by atoms with E-state index in [-0.39, 0.29) is 11.6 Å². The fourth-order valence-electron chi connectivity index (χ4n) is 3.42. The molecule has 0 radical (unpaired) electrons. The molecule has 0 amide bonds. The number of aromatic nitrogens is 1. The molecule has 1 aromatic heterocycles. The Morgan fingerprint density at radius 1 is 1.25 bits per heavy atom. The first-order valence-electron chi connectivity index (χ1n) is 8.21. The zero-order chi connectivity index (χ0) is 17.3. The maximum absolute atomic E-state index is 12.5. The van der Waals surface area contributed by atoms with Gasteiger partial charge < -0.3 is 9.67 Å². The third-order valence-corrected chi connectivity index (χ3v) is 4.75. The molecule has 0 bridgehead atoms. The predicted molar refractivity (Wildman–Crippen MR) is 92.5 cm³/mol. The first-order valence-corrected chi connectivity index (χ1v) is 8.21. The van der Waals surface area contributed by atoms with Crippen LogP contribution in [0.1, 0.15) is 40.0 Å². The van der Waals surface area contributed by atoms with Crippen LogP contribution in [0.3, 0.4) is 0 Å². The Morgan fingerprint density at radius 2 is 1.96 bits per heavy atom. The van der Waals surface area contributed by atoms with Gasteiger partial charge in [-0.1, -0.05) is 24.3 Å². The molecule has 1 aliphatic heterocycles. The van der Waals surface area contributed by atoms with E-state index in [4.69, 9.17) is 0 Å². The number of aryl methyl sites for hydroxylation is 1. The largest absolute Gasteiger partial charge is 0.477 e. The highest BCUT2D eigenvalue weighted by Gasteiger charge is 2.21. The predicted octanol–water partition coefficient (Wildman–Crippen LogP) is 2.47. The number of pyridine rings is 1. The lowest BCUT2D eigenvalue weighted by Gasteiger charge is -2.31. The molecule has 0 aliphatic carbocycles. The average Bonchev–Trinajstić information content (AvgIpc) is 2.54. The van der Waals surface area contributed by atoms with Gasteiger partial charge in [-0.05, 0) is 43.0 Å². The van der Waals surface area contributed by atoms with E-state index < -0.39 is 11.5 Å². The smallest absolute Gasteiger partial charge is 0.341 e. The van der Waals surface area contributed by atoms with Gasteiger partial charge in [0.1, 0.15) is 5.56 Å². The quantitative estimate of drug-likeness (QED) is 0.937. The monoisotopic (exact) mass is 326 g/mol. The standard InChI is InChI=1S/C19H22N2O3/c1-13-7-10-21(18(22)17(13)19(23)24)14(2)11-20-9-8-15-5-3-4-6-16(15)12-20/h3-7,10,14H,8-9,11-12H2,1-2H3,(H,23,24). The Hall–Kier alpha value is -2.40. The second kappa shape index (κ2) is 6.61. The van der Waals surface area contributed by atoms with Crippen LogP contribution in [0.5, 0.6) is 0 Å². The maximum atomic E-state index is 12.5. The molecule has 3 rings (SSSR count). The Balaban J connectivity index is 1.79. The average molecular weight is 326 g/mol. The number of fused-ring (bicyclic) bond motifs is 1. The molecule has 1 aromatic carbocycles. The van der Waals surface area contributed by atoms with Crippen molar-refractivity contribution in [3.05, 3.63) is 69.1 Å². The van der Waals surface area contributed by atoms with Gasteiger partial charge in [0, 0.05) is 31.9 Å². The highest BCUT2D eigenvalue weighted by molar-refractivity contribution is 5.88. The summed E-state index contributed by atoms with van der Waals surface area (Å²) in [4.78, 5) is 26.1. The topological polar surface area (TPSA) is 62.5 Å². The van der Waals surface area contributed by atoms with Gasteiger partial charge in [-0.3, -0.25) is 9.69 Å². The second-order valence-electron chi connectivity index (χ2n) is 6.49. The molecule has 1 atom stereocenters. The van der Waals surface area contributed by atoms with E-state index in [0.29, 0.717) is 5.56 Å². The normalized spacial score (nSPS) is 15.8. The van der Waals surface area contributed by atoms with E-state index >= 15 is 0 Å². The number of hydrogen-bond acceptors (Lipinski definition) is 3. The summed E-state index contributed by atoms with van der Waals surface area (Å²) in [6, 6.07) is 10.0. The van der Waals surface area contributed by atoms with Crippen LogP contribution < -0.4 is 5.56 Å². The molecule has 2 aromatic rings. The summed E-state index contributed by atoms with van der Waals surface area (Å²) in [5, 5.41) is 9.26. The number of hydrogen-bond donors (Lipinski definition) is 1. The van der Waals surface area contributed by atoms with E-state index in [1.54, 1.807) is 19.2 Å². The van der Waals surface area contributed by atoms with Crippen LogP contribution in [0.25, 0.3) is 0 Å².